The van der Waals surface area contributed by atoms with Gasteiger partial charge in [-0.15, -0.1) is 5.10 Å². The Morgan fingerprint density at radius 3 is 2.88 bits per heavy atom. The molecule has 0 unspecified atom stereocenters. The normalized spacial score (nSPS) is 10.9. The van der Waals surface area contributed by atoms with E-state index in [1.807, 2.05) is 31.2 Å². The maximum Gasteiger partial charge on any atom is 0.153 e. The second-order valence-corrected chi connectivity index (χ2v) is 3.71. The molecular formula is C11H10N6. The molecule has 0 aliphatic heterocycles. The van der Waals surface area contributed by atoms with Crippen molar-refractivity contribution < 1.29 is 0 Å². The lowest BCUT2D eigenvalue weighted by molar-refractivity contribution is 0.783. The van der Waals surface area contributed by atoms with Crippen LogP contribution in [0.5, 0.6) is 0 Å². The molecule has 0 aliphatic carbocycles. The van der Waals surface area contributed by atoms with Gasteiger partial charge in [0.15, 0.2) is 5.82 Å². The van der Waals surface area contributed by atoms with Crippen molar-refractivity contribution in [1.82, 2.24) is 25.2 Å². The zero-order valence-electron chi connectivity index (χ0n) is 9.20. The first-order valence-corrected chi connectivity index (χ1v) is 5.16. The summed E-state index contributed by atoms with van der Waals surface area (Å²) in [5.41, 5.74) is 8.18. The van der Waals surface area contributed by atoms with E-state index in [2.05, 4.69) is 20.5 Å². The fraction of sp³-hybridized carbons (Fsp3) is 0.0909. The average Bonchev–Trinajstić information content (AvgIpc) is 2.77. The van der Waals surface area contributed by atoms with Crippen molar-refractivity contribution in [3.63, 3.8) is 0 Å². The Kier molecular flexibility index (Phi) is 2.01. The molecule has 3 rings (SSSR count). The highest BCUT2D eigenvalue weighted by atomic mass is 15.5. The first-order valence-electron chi connectivity index (χ1n) is 5.16. The molecule has 0 spiro atoms. The number of fused-ring (bicyclic) bond motifs is 1. The quantitative estimate of drug-likeness (QED) is 0.628. The van der Waals surface area contributed by atoms with Gasteiger partial charge in [-0.25, -0.2) is 0 Å². The van der Waals surface area contributed by atoms with Crippen LogP contribution in [0.1, 0.15) is 5.82 Å². The SMILES string of the molecule is Cc1nnnn1-c1ccc(N)c2ncccc12. The van der Waals surface area contributed by atoms with Crippen LogP contribution in [0, 0.1) is 6.92 Å². The van der Waals surface area contributed by atoms with Crippen molar-refractivity contribution in [3.8, 4) is 5.69 Å². The van der Waals surface area contributed by atoms with Crippen molar-refractivity contribution >= 4 is 16.6 Å². The van der Waals surface area contributed by atoms with Gasteiger partial charge in [0, 0.05) is 11.6 Å². The van der Waals surface area contributed by atoms with Gasteiger partial charge >= 0.3 is 0 Å². The molecule has 0 amide bonds. The fourth-order valence-electron chi connectivity index (χ4n) is 1.82. The Hall–Kier alpha value is -2.50. The summed E-state index contributed by atoms with van der Waals surface area (Å²) in [4.78, 5) is 4.27. The van der Waals surface area contributed by atoms with E-state index in [1.165, 1.54) is 0 Å². The number of hydrogen-bond donors (Lipinski definition) is 1. The number of aromatic nitrogens is 5. The summed E-state index contributed by atoms with van der Waals surface area (Å²) in [6, 6.07) is 7.52. The molecule has 2 N–H and O–H groups in total. The van der Waals surface area contributed by atoms with Crippen LogP contribution in [0.3, 0.4) is 0 Å². The molecule has 6 heteroatoms. The third kappa shape index (κ3) is 1.42. The molecule has 84 valence electrons. The number of nitrogens with two attached hydrogens (primary N) is 1. The standard InChI is InChI=1S/C11H10N6/c1-7-14-15-16-17(7)10-5-4-9(12)11-8(10)3-2-6-13-11/h2-6H,12H2,1H3. The van der Waals surface area contributed by atoms with Crippen LogP contribution in [-0.4, -0.2) is 25.2 Å². The van der Waals surface area contributed by atoms with Crippen LogP contribution in [0.15, 0.2) is 30.5 Å². The minimum absolute atomic E-state index is 0.648. The van der Waals surface area contributed by atoms with Gasteiger partial charge in [0.2, 0.25) is 0 Å². The van der Waals surface area contributed by atoms with E-state index in [4.69, 9.17) is 5.73 Å². The molecule has 0 saturated carbocycles. The van der Waals surface area contributed by atoms with E-state index in [0.29, 0.717) is 5.69 Å². The summed E-state index contributed by atoms with van der Waals surface area (Å²) >= 11 is 0. The predicted octanol–water partition coefficient (Wildman–Crippen LogP) is 1.10. The van der Waals surface area contributed by atoms with Gasteiger partial charge in [-0.1, -0.05) is 0 Å². The Morgan fingerprint density at radius 1 is 1.24 bits per heavy atom. The summed E-state index contributed by atoms with van der Waals surface area (Å²) in [7, 11) is 0. The first-order chi connectivity index (χ1) is 8.27. The number of nitrogen functional groups attached to an aromatic ring is 1. The summed E-state index contributed by atoms with van der Waals surface area (Å²) in [6.45, 7) is 1.85. The average molecular weight is 226 g/mol. The summed E-state index contributed by atoms with van der Waals surface area (Å²) in [5.74, 6) is 0.722. The van der Waals surface area contributed by atoms with Gasteiger partial charge in [-0.05, 0) is 41.6 Å². The molecule has 0 saturated heterocycles. The number of rotatable bonds is 1. The second kappa shape index (κ2) is 3.51. The molecule has 2 aromatic heterocycles. The smallest absolute Gasteiger partial charge is 0.153 e. The van der Waals surface area contributed by atoms with Gasteiger partial charge in [0.1, 0.15) is 0 Å². The van der Waals surface area contributed by atoms with E-state index < -0.39 is 0 Å². The number of hydrogen-bond acceptors (Lipinski definition) is 5. The van der Waals surface area contributed by atoms with E-state index in [0.717, 1.165) is 22.4 Å². The first kappa shape index (κ1) is 9.71. The molecule has 3 aromatic rings. The van der Waals surface area contributed by atoms with Crippen LogP contribution in [0.25, 0.3) is 16.6 Å². The largest absolute Gasteiger partial charge is 0.397 e. The van der Waals surface area contributed by atoms with Crippen molar-refractivity contribution in [2.24, 2.45) is 0 Å². The lowest BCUT2D eigenvalue weighted by Crippen LogP contribution is -2.02. The van der Waals surface area contributed by atoms with Gasteiger partial charge in [-0.3, -0.25) is 4.98 Å². The topological polar surface area (TPSA) is 82.5 Å². The highest BCUT2D eigenvalue weighted by molar-refractivity contribution is 5.95. The lowest BCUT2D eigenvalue weighted by atomic mass is 10.1. The Labute approximate surface area is 97.1 Å². The van der Waals surface area contributed by atoms with Crippen molar-refractivity contribution in [2.45, 2.75) is 6.92 Å². The number of nitrogens with zero attached hydrogens (tertiary/aromatic N) is 5. The Bertz CT molecular complexity index is 687. The maximum atomic E-state index is 5.89. The van der Waals surface area contributed by atoms with E-state index in [-0.39, 0.29) is 0 Å². The highest BCUT2D eigenvalue weighted by Crippen LogP contribution is 2.25. The third-order valence-electron chi connectivity index (χ3n) is 2.63. The van der Waals surface area contributed by atoms with Crippen LogP contribution >= 0.6 is 0 Å². The zero-order valence-corrected chi connectivity index (χ0v) is 9.20. The van der Waals surface area contributed by atoms with Crippen molar-refractivity contribution in [1.29, 1.82) is 0 Å². The van der Waals surface area contributed by atoms with Gasteiger partial charge in [0.25, 0.3) is 0 Å². The zero-order chi connectivity index (χ0) is 11.8. The predicted molar refractivity (Wildman–Crippen MR) is 63.6 cm³/mol. The summed E-state index contributed by atoms with van der Waals surface area (Å²) < 4.78 is 1.67. The van der Waals surface area contributed by atoms with Gasteiger partial charge in [-0.2, -0.15) is 4.68 Å². The van der Waals surface area contributed by atoms with Crippen LogP contribution in [0.4, 0.5) is 5.69 Å². The lowest BCUT2D eigenvalue weighted by Gasteiger charge is -2.07. The summed E-state index contributed by atoms with van der Waals surface area (Å²) in [5, 5.41) is 12.4. The number of benzene rings is 1. The van der Waals surface area contributed by atoms with Crippen LogP contribution < -0.4 is 5.73 Å². The number of aryl methyl sites for hydroxylation is 1. The summed E-state index contributed by atoms with van der Waals surface area (Å²) in [6.07, 6.45) is 1.72. The minimum atomic E-state index is 0.648. The van der Waals surface area contributed by atoms with Crippen molar-refractivity contribution in [3.05, 3.63) is 36.3 Å². The van der Waals surface area contributed by atoms with Gasteiger partial charge < -0.3 is 5.73 Å². The van der Waals surface area contributed by atoms with E-state index >= 15 is 0 Å². The number of tetrazole rings is 1. The van der Waals surface area contributed by atoms with E-state index in [9.17, 15) is 0 Å². The molecule has 0 radical (unpaired) electrons. The minimum Gasteiger partial charge on any atom is -0.397 e. The molecule has 6 nitrogen and oxygen atoms in total. The highest BCUT2D eigenvalue weighted by Gasteiger charge is 2.09. The fourth-order valence-corrected chi connectivity index (χ4v) is 1.82. The van der Waals surface area contributed by atoms with Crippen molar-refractivity contribution in [2.75, 3.05) is 5.73 Å². The Morgan fingerprint density at radius 2 is 2.12 bits per heavy atom. The maximum absolute atomic E-state index is 5.89. The molecule has 0 aliphatic rings. The van der Waals surface area contributed by atoms with Crippen LogP contribution in [0.2, 0.25) is 0 Å². The third-order valence-corrected chi connectivity index (χ3v) is 2.63. The molecule has 1 aromatic carbocycles. The van der Waals surface area contributed by atoms with E-state index in [1.54, 1.807) is 10.9 Å². The molecule has 0 atom stereocenters. The molecule has 2 heterocycles. The molecular weight excluding hydrogens is 216 g/mol. The van der Waals surface area contributed by atoms with Gasteiger partial charge in [0.05, 0.1) is 16.9 Å². The molecule has 17 heavy (non-hydrogen) atoms. The Balaban J connectivity index is 2.39. The molecule has 0 fully saturated rings. The number of anilines is 1. The number of pyridine rings is 1. The molecule has 0 bridgehead atoms. The monoisotopic (exact) mass is 226 g/mol. The van der Waals surface area contributed by atoms with Crippen LogP contribution in [-0.2, 0) is 0 Å². The second-order valence-electron chi connectivity index (χ2n) is 3.71.